The Kier molecular flexibility index (Phi) is 5.32. The van der Waals surface area contributed by atoms with Gasteiger partial charge in [-0.1, -0.05) is 18.6 Å². The van der Waals surface area contributed by atoms with Crippen LogP contribution in [0.1, 0.15) is 37.8 Å². The first-order chi connectivity index (χ1) is 9.94. The molecule has 0 bridgehead atoms. The fourth-order valence-corrected chi connectivity index (χ4v) is 4.26. The van der Waals surface area contributed by atoms with Gasteiger partial charge in [0, 0.05) is 18.6 Å². The SMILES string of the molecule is CC(NS(=O)(=O)N1CCCCC1CO)c1cccc(F)c1. The molecule has 1 fully saturated rings. The van der Waals surface area contributed by atoms with Gasteiger partial charge in [0.15, 0.2) is 0 Å². The third-order valence-corrected chi connectivity index (χ3v) is 5.52. The second-order valence-electron chi connectivity index (χ2n) is 5.34. The Morgan fingerprint density at radius 3 is 2.90 bits per heavy atom. The number of nitrogens with one attached hydrogen (secondary N) is 1. The number of rotatable bonds is 5. The van der Waals surface area contributed by atoms with E-state index in [2.05, 4.69) is 4.72 Å². The van der Waals surface area contributed by atoms with E-state index in [1.807, 2.05) is 0 Å². The number of piperidine rings is 1. The predicted octanol–water partition coefficient (Wildman–Crippen LogP) is 1.57. The molecule has 21 heavy (non-hydrogen) atoms. The van der Waals surface area contributed by atoms with E-state index in [1.54, 1.807) is 19.1 Å². The van der Waals surface area contributed by atoms with Crippen molar-refractivity contribution in [2.45, 2.75) is 38.3 Å². The lowest BCUT2D eigenvalue weighted by molar-refractivity contribution is 0.153. The zero-order valence-corrected chi connectivity index (χ0v) is 12.8. The molecular weight excluding hydrogens is 295 g/mol. The van der Waals surface area contributed by atoms with E-state index in [9.17, 15) is 17.9 Å². The van der Waals surface area contributed by atoms with Crippen LogP contribution >= 0.6 is 0 Å². The van der Waals surface area contributed by atoms with Gasteiger partial charge in [-0.05, 0) is 37.5 Å². The minimum Gasteiger partial charge on any atom is -0.395 e. The first-order valence-electron chi connectivity index (χ1n) is 7.09. The summed E-state index contributed by atoms with van der Waals surface area (Å²) in [4.78, 5) is 0. The van der Waals surface area contributed by atoms with E-state index >= 15 is 0 Å². The Labute approximate surface area is 125 Å². The van der Waals surface area contributed by atoms with E-state index in [0.29, 0.717) is 18.5 Å². The van der Waals surface area contributed by atoms with Crippen LogP contribution in [0.2, 0.25) is 0 Å². The van der Waals surface area contributed by atoms with E-state index in [1.165, 1.54) is 16.4 Å². The monoisotopic (exact) mass is 316 g/mol. The van der Waals surface area contributed by atoms with Gasteiger partial charge in [-0.15, -0.1) is 0 Å². The van der Waals surface area contributed by atoms with Crippen molar-refractivity contribution in [2.24, 2.45) is 0 Å². The number of halogens is 1. The Hall–Kier alpha value is -1.02. The highest BCUT2D eigenvalue weighted by Crippen LogP contribution is 2.22. The number of hydrogen-bond donors (Lipinski definition) is 2. The van der Waals surface area contributed by atoms with Crippen molar-refractivity contribution in [1.29, 1.82) is 0 Å². The lowest BCUT2D eigenvalue weighted by Gasteiger charge is -2.34. The Morgan fingerprint density at radius 1 is 1.48 bits per heavy atom. The zero-order valence-electron chi connectivity index (χ0n) is 12.0. The summed E-state index contributed by atoms with van der Waals surface area (Å²) in [6, 6.07) is 4.94. The molecule has 1 heterocycles. The van der Waals surface area contributed by atoms with Gasteiger partial charge in [0.25, 0.3) is 10.2 Å². The number of nitrogens with zero attached hydrogens (tertiary/aromatic N) is 1. The highest BCUT2D eigenvalue weighted by Gasteiger charge is 2.32. The molecule has 0 aliphatic carbocycles. The number of aliphatic hydroxyl groups excluding tert-OH is 1. The van der Waals surface area contributed by atoms with Gasteiger partial charge in [-0.3, -0.25) is 0 Å². The van der Waals surface area contributed by atoms with Crippen LogP contribution in [-0.4, -0.2) is 37.0 Å². The summed E-state index contributed by atoms with van der Waals surface area (Å²) in [6.45, 7) is 1.88. The highest BCUT2D eigenvalue weighted by atomic mass is 32.2. The molecule has 1 aliphatic heterocycles. The molecule has 1 saturated heterocycles. The summed E-state index contributed by atoms with van der Waals surface area (Å²) in [7, 11) is -3.70. The van der Waals surface area contributed by atoms with Crippen molar-refractivity contribution >= 4 is 10.2 Å². The van der Waals surface area contributed by atoms with E-state index in [0.717, 1.165) is 12.8 Å². The average molecular weight is 316 g/mol. The molecule has 1 aliphatic rings. The summed E-state index contributed by atoms with van der Waals surface area (Å²) in [6.07, 6.45) is 2.36. The zero-order chi connectivity index (χ0) is 15.5. The summed E-state index contributed by atoms with van der Waals surface area (Å²) in [5, 5.41) is 9.33. The molecule has 2 rings (SSSR count). The summed E-state index contributed by atoms with van der Waals surface area (Å²) >= 11 is 0. The summed E-state index contributed by atoms with van der Waals surface area (Å²) < 4.78 is 41.9. The minimum atomic E-state index is -3.70. The highest BCUT2D eigenvalue weighted by molar-refractivity contribution is 7.87. The lowest BCUT2D eigenvalue weighted by atomic mass is 10.1. The molecule has 1 aromatic rings. The van der Waals surface area contributed by atoms with Gasteiger partial charge in [-0.25, -0.2) is 4.39 Å². The van der Waals surface area contributed by atoms with Crippen LogP contribution in [0.25, 0.3) is 0 Å². The topological polar surface area (TPSA) is 69.6 Å². The molecule has 0 aromatic heterocycles. The first-order valence-corrected chi connectivity index (χ1v) is 8.53. The van der Waals surface area contributed by atoms with Crippen molar-refractivity contribution in [3.05, 3.63) is 35.6 Å². The third kappa shape index (κ3) is 4.00. The fraction of sp³-hybridized carbons (Fsp3) is 0.571. The molecule has 0 radical (unpaired) electrons. The van der Waals surface area contributed by atoms with E-state index in [-0.39, 0.29) is 12.6 Å². The molecule has 2 unspecified atom stereocenters. The summed E-state index contributed by atoms with van der Waals surface area (Å²) in [5.74, 6) is -0.398. The second kappa shape index (κ2) is 6.83. The Bertz CT molecular complexity index is 579. The van der Waals surface area contributed by atoms with Crippen molar-refractivity contribution in [2.75, 3.05) is 13.2 Å². The van der Waals surface area contributed by atoms with Crippen LogP contribution in [-0.2, 0) is 10.2 Å². The number of benzene rings is 1. The molecule has 0 spiro atoms. The van der Waals surface area contributed by atoms with Crippen LogP contribution in [0.5, 0.6) is 0 Å². The van der Waals surface area contributed by atoms with E-state index in [4.69, 9.17) is 0 Å². The average Bonchev–Trinajstić information content (AvgIpc) is 2.46. The molecule has 2 atom stereocenters. The maximum Gasteiger partial charge on any atom is 0.280 e. The van der Waals surface area contributed by atoms with Gasteiger partial charge in [0.05, 0.1) is 6.61 Å². The minimum absolute atomic E-state index is 0.185. The predicted molar refractivity (Wildman–Crippen MR) is 78.3 cm³/mol. The van der Waals surface area contributed by atoms with Crippen molar-refractivity contribution < 1.29 is 17.9 Å². The molecule has 5 nitrogen and oxygen atoms in total. The largest absolute Gasteiger partial charge is 0.395 e. The van der Waals surface area contributed by atoms with E-state index < -0.39 is 22.1 Å². The van der Waals surface area contributed by atoms with Gasteiger partial charge in [0.1, 0.15) is 5.82 Å². The van der Waals surface area contributed by atoms with Crippen LogP contribution in [0.3, 0.4) is 0 Å². The van der Waals surface area contributed by atoms with Crippen LogP contribution in [0.4, 0.5) is 4.39 Å². The molecule has 1 aromatic carbocycles. The third-order valence-electron chi connectivity index (χ3n) is 3.77. The normalized spacial score (nSPS) is 22.1. The van der Waals surface area contributed by atoms with Crippen LogP contribution < -0.4 is 4.72 Å². The van der Waals surface area contributed by atoms with Gasteiger partial charge < -0.3 is 5.11 Å². The van der Waals surface area contributed by atoms with Crippen molar-refractivity contribution in [3.8, 4) is 0 Å². The first kappa shape index (κ1) is 16.4. The van der Waals surface area contributed by atoms with Gasteiger partial charge in [-0.2, -0.15) is 17.4 Å². The molecule has 118 valence electrons. The fourth-order valence-electron chi connectivity index (χ4n) is 2.61. The Morgan fingerprint density at radius 2 is 2.24 bits per heavy atom. The molecule has 0 amide bonds. The standard InChI is InChI=1S/C14H21FN2O3S/c1-11(12-5-4-6-13(15)9-12)16-21(19,20)17-8-3-2-7-14(17)10-18/h4-6,9,11,14,16,18H,2-3,7-8,10H2,1H3. The van der Waals surface area contributed by atoms with Gasteiger partial charge in [0.2, 0.25) is 0 Å². The number of aliphatic hydroxyl groups is 1. The van der Waals surface area contributed by atoms with Crippen molar-refractivity contribution in [3.63, 3.8) is 0 Å². The maximum atomic E-state index is 13.2. The molecular formula is C14H21FN2O3S. The van der Waals surface area contributed by atoms with Gasteiger partial charge >= 0.3 is 0 Å². The molecule has 7 heteroatoms. The van der Waals surface area contributed by atoms with Crippen LogP contribution in [0.15, 0.2) is 24.3 Å². The quantitative estimate of drug-likeness (QED) is 0.866. The summed E-state index contributed by atoms with van der Waals surface area (Å²) in [5.41, 5.74) is 0.566. The smallest absolute Gasteiger partial charge is 0.280 e. The molecule has 0 saturated carbocycles. The second-order valence-corrected chi connectivity index (χ2v) is 7.00. The maximum absolute atomic E-state index is 13.2. The molecule has 2 N–H and O–H groups in total. The Balaban J connectivity index is 2.12. The number of hydrogen-bond acceptors (Lipinski definition) is 3. The lowest BCUT2D eigenvalue weighted by Crippen LogP contribution is -2.50. The van der Waals surface area contributed by atoms with Crippen LogP contribution in [0, 0.1) is 5.82 Å². The van der Waals surface area contributed by atoms with Crippen molar-refractivity contribution in [1.82, 2.24) is 9.03 Å².